The Hall–Kier alpha value is -1.34. The highest BCUT2D eigenvalue weighted by molar-refractivity contribution is 7.82. The van der Waals surface area contributed by atoms with Gasteiger partial charge in [-0.1, -0.05) is 154 Å². The largest absolute Gasteiger partial charge is 0.338 e. The second-order valence-electron chi connectivity index (χ2n) is 13.5. The van der Waals surface area contributed by atoms with Crippen LogP contribution in [-0.2, 0) is 6.54 Å². The Morgan fingerprint density at radius 1 is 0.478 bits per heavy atom. The lowest BCUT2D eigenvalue weighted by atomic mass is 10.1. The first-order chi connectivity index (χ1) is 22.5. The van der Waals surface area contributed by atoms with Crippen LogP contribution in [0.1, 0.15) is 163 Å². The minimum atomic E-state index is 0.938. The van der Waals surface area contributed by atoms with Crippen LogP contribution in [0.15, 0.2) is 24.3 Å². The highest BCUT2D eigenvalue weighted by atomic mass is 32.1. The summed E-state index contributed by atoms with van der Waals surface area (Å²) in [5, 5.41) is 0. The van der Waals surface area contributed by atoms with E-state index in [1.165, 1.54) is 164 Å². The number of hydrogen-bond acceptors (Lipinski definition) is 4. The van der Waals surface area contributed by atoms with Gasteiger partial charge >= 0.3 is 0 Å². The molecule has 1 aliphatic heterocycles. The molecule has 0 unspecified atom stereocenters. The standard InChI is InChI=1S/C40H60N2S4/c1-5-7-9-11-13-15-17-19-21-23-29-41-37(33-27-25-31(3)45-33)35-36(38(41)34-28-26-32(4)46-34)40(44)42(39(35)43)30-24-22-20-18-16-14-12-10-8-6-2/h25-28H,5-24,29-30H2,1-4H3. The van der Waals surface area contributed by atoms with Gasteiger partial charge in [-0.25, -0.2) is 0 Å². The molecular formula is C40H60N2S4. The first kappa shape index (κ1) is 37.5. The third kappa shape index (κ3) is 10.3. The van der Waals surface area contributed by atoms with Crippen molar-refractivity contribution in [3.63, 3.8) is 0 Å². The molecule has 0 N–H and O–H groups in total. The maximum absolute atomic E-state index is 6.32. The zero-order valence-corrected chi connectivity index (χ0v) is 32.7. The van der Waals surface area contributed by atoms with E-state index in [1.807, 2.05) is 22.7 Å². The lowest BCUT2D eigenvalue weighted by Gasteiger charge is -2.22. The molecule has 0 bridgehead atoms. The molecule has 1 aliphatic rings. The molecule has 0 amide bonds. The van der Waals surface area contributed by atoms with Gasteiger partial charge in [0.15, 0.2) is 0 Å². The highest BCUT2D eigenvalue weighted by Crippen LogP contribution is 2.46. The quantitative estimate of drug-likeness (QED) is 0.0681. The van der Waals surface area contributed by atoms with Gasteiger partial charge in [-0.2, -0.15) is 0 Å². The molecule has 0 spiro atoms. The predicted molar refractivity (Wildman–Crippen MR) is 214 cm³/mol. The van der Waals surface area contributed by atoms with E-state index in [0.29, 0.717) is 0 Å². The molecule has 254 valence electrons. The lowest BCUT2D eigenvalue weighted by Crippen LogP contribution is -2.30. The molecule has 3 aromatic rings. The number of thiophene rings is 2. The average molecular weight is 697 g/mol. The maximum atomic E-state index is 6.32. The van der Waals surface area contributed by atoms with Crippen LogP contribution in [0.5, 0.6) is 0 Å². The SMILES string of the molecule is CCCCCCCCCCCCN1C(=S)c2c(c(-c3ccc(C)s3)n(CCCCCCCCCCCC)c2-c2ccc(C)s2)C1=S. The number of unbranched alkanes of at least 4 members (excludes halogenated alkanes) is 18. The van der Waals surface area contributed by atoms with Gasteiger partial charge in [0.25, 0.3) is 0 Å². The summed E-state index contributed by atoms with van der Waals surface area (Å²) in [6.45, 7) is 11.0. The zero-order valence-electron chi connectivity index (χ0n) is 29.4. The fourth-order valence-corrected chi connectivity index (χ4v) is 9.65. The molecular weight excluding hydrogens is 637 g/mol. The summed E-state index contributed by atoms with van der Waals surface area (Å²) in [4.78, 5) is 9.55. The predicted octanol–water partition coefficient (Wildman–Crippen LogP) is 14.1. The van der Waals surface area contributed by atoms with E-state index in [1.54, 1.807) is 0 Å². The summed E-state index contributed by atoms with van der Waals surface area (Å²) >= 11 is 16.4. The minimum absolute atomic E-state index is 0.938. The highest BCUT2D eigenvalue weighted by Gasteiger charge is 2.39. The average Bonchev–Trinajstić information content (AvgIpc) is 3.80. The fraction of sp³-hybridized carbons (Fsp3) is 0.650. The van der Waals surface area contributed by atoms with E-state index in [4.69, 9.17) is 24.4 Å². The van der Waals surface area contributed by atoms with Crippen molar-refractivity contribution < 1.29 is 0 Å². The molecule has 0 atom stereocenters. The van der Waals surface area contributed by atoms with E-state index in [0.717, 1.165) is 29.5 Å². The van der Waals surface area contributed by atoms with Crippen molar-refractivity contribution in [3.05, 3.63) is 45.1 Å². The zero-order chi connectivity index (χ0) is 32.7. The Morgan fingerprint density at radius 3 is 1.17 bits per heavy atom. The molecule has 2 nitrogen and oxygen atoms in total. The molecule has 46 heavy (non-hydrogen) atoms. The fourth-order valence-electron chi connectivity index (χ4n) is 6.97. The van der Waals surface area contributed by atoms with Crippen LogP contribution >= 0.6 is 47.1 Å². The Kier molecular flexibility index (Phi) is 16.5. The molecule has 0 radical (unpaired) electrons. The molecule has 3 aromatic heterocycles. The van der Waals surface area contributed by atoms with Crippen molar-refractivity contribution in [3.8, 4) is 21.1 Å². The van der Waals surface area contributed by atoms with Crippen LogP contribution in [0.4, 0.5) is 0 Å². The summed E-state index contributed by atoms with van der Waals surface area (Å²) in [7, 11) is 0. The Morgan fingerprint density at radius 2 is 0.826 bits per heavy atom. The molecule has 0 saturated heterocycles. The van der Waals surface area contributed by atoms with E-state index in [9.17, 15) is 0 Å². The minimum Gasteiger partial charge on any atom is -0.338 e. The molecule has 4 heterocycles. The van der Waals surface area contributed by atoms with Gasteiger partial charge in [-0.15, -0.1) is 22.7 Å². The maximum Gasteiger partial charge on any atom is 0.117 e. The Bertz CT molecular complexity index is 1280. The number of nitrogens with zero attached hydrogens (tertiary/aromatic N) is 2. The van der Waals surface area contributed by atoms with Gasteiger partial charge in [-0.05, 0) is 51.0 Å². The molecule has 0 aliphatic carbocycles. The number of aromatic nitrogens is 1. The number of aryl methyl sites for hydroxylation is 2. The topological polar surface area (TPSA) is 8.17 Å². The molecule has 0 fully saturated rings. The number of rotatable bonds is 24. The molecule has 6 heteroatoms. The summed E-state index contributed by atoms with van der Waals surface area (Å²) in [6.07, 6.45) is 26.9. The number of thiocarbonyl (C=S) groups is 2. The monoisotopic (exact) mass is 696 g/mol. The first-order valence-corrected chi connectivity index (χ1v) is 21.2. The van der Waals surface area contributed by atoms with Crippen molar-refractivity contribution >= 4 is 57.1 Å². The Labute approximate surface area is 300 Å². The Balaban J connectivity index is 1.46. The van der Waals surface area contributed by atoms with Crippen LogP contribution in [0.25, 0.3) is 21.1 Å². The van der Waals surface area contributed by atoms with Gasteiger partial charge < -0.3 is 9.47 Å². The van der Waals surface area contributed by atoms with Crippen molar-refractivity contribution in [2.24, 2.45) is 0 Å². The van der Waals surface area contributed by atoms with Crippen LogP contribution in [0.3, 0.4) is 0 Å². The third-order valence-corrected chi connectivity index (χ3v) is 12.5. The van der Waals surface area contributed by atoms with Crippen molar-refractivity contribution in [1.29, 1.82) is 0 Å². The number of hydrogen-bond donors (Lipinski definition) is 0. The van der Waals surface area contributed by atoms with Crippen molar-refractivity contribution in [2.75, 3.05) is 6.54 Å². The van der Waals surface area contributed by atoms with Gasteiger partial charge in [0.2, 0.25) is 0 Å². The van der Waals surface area contributed by atoms with Crippen LogP contribution < -0.4 is 0 Å². The molecule has 0 aromatic carbocycles. The van der Waals surface area contributed by atoms with E-state index >= 15 is 0 Å². The second kappa shape index (κ2) is 20.2. The lowest BCUT2D eigenvalue weighted by molar-refractivity contribution is 0.525. The summed E-state index contributed by atoms with van der Waals surface area (Å²) < 4.78 is 2.61. The summed E-state index contributed by atoms with van der Waals surface area (Å²) in [5.74, 6) is 0. The van der Waals surface area contributed by atoms with Crippen LogP contribution in [-0.4, -0.2) is 26.0 Å². The normalized spacial score (nSPS) is 13.0. The van der Waals surface area contributed by atoms with Crippen molar-refractivity contribution in [2.45, 2.75) is 163 Å². The summed E-state index contributed by atoms with van der Waals surface area (Å²) in [5.41, 5.74) is 5.06. The number of fused-ring (bicyclic) bond motifs is 1. The smallest absolute Gasteiger partial charge is 0.117 e. The van der Waals surface area contributed by atoms with E-state index in [-0.39, 0.29) is 0 Å². The molecule has 4 rings (SSSR count). The van der Waals surface area contributed by atoms with Crippen LogP contribution in [0.2, 0.25) is 0 Å². The molecule has 0 saturated carbocycles. The van der Waals surface area contributed by atoms with Gasteiger partial charge in [-0.3, -0.25) is 0 Å². The van der Waals surface area contributed by atoms with Crippen molar-refractivity contribution in [1.82, 2.24) is 9.47 Å². The third-order valence-electron chi connectivity index (χ3n) is 9.60. The van der Waals surface area contributed by atoms with E-state index < -0.39 is 0 Å². The van der Waals surface area contributed by atoms with Gasteiger partial charge in [0.05, 0.1) is 21.1 Å². The van der Waals surface area contributed by atoms with E-state index in [2.05, 4.69) is 61.4 Å². The van der Waals surface area contributed by atoms with Gasteiger partial charge in [0.1, 0.15) is 9.98 Å². The van der Waals surface area contributed by atoms with Crippen LogP contribution in [0, 0.1) is 13.8 Å². The second-order valence-corrected chi connectivity index (χ2v) is 16.9. The summed E-state index contributed by atoms with van der Waals surface area (Å²) in [6, 6.07) is 9.14. The first-order valence-electron chi connectivity index (χ1n) is 18.7. The van der Waals surface area contributed by atoms with Gasteiger partial charge in [0, 0.05) is 34.0 Å².